The van der Waals surface area contributed by atoms with Crippen molar-refractivity contribution in [1.29, 1.82) is 0 Å². The first-order valence-electron chi connectivity index (χ1n) is 9.96. The third-order valence-electron chi connectivity index (χ3n) is 5.57. The molecule has 1 unspecified atom stereocenters. The van der Waals surface area contributed by atoms with Crippen molar-refractivity contribution in [2.24, 2.45) is 0 Å². The number of hydrogen-bond acceptors (Lipinski definition) is 7. The highest BCUT2D eigenvalue weighted by Crippen LogP contribution is 2.29. The second-order valence-electron chi connectivity index (χ2n) is 7.45. The number of pyridine rings is 1. The van der Waals surface area contributed by atoms with E-state index in [9.17, 15) is 4.79 Å². The van der Waals surface area contributed by atoms with E-state index in [0.29, 0.717) is 6.54 Å². The van der Waals surface area contributed by atoms with Crippen LogP contribution >= 0.6 is 11.8 Å². The second-order valence-corrected chi connectivity index (χ2v) is 8.55. The minimum Gasteiger partial charge on any atom is -0.350 e. The average Bonchev–Trinajstić information content (AvgIpc) is 3.24. The maximum Gasteiger partial charge on any atom is 0.266 e. The molecule has 0 amide bonds. The number of aromatic nitrogens is 5. The molecule has 8 heteroatoms. The molecule has 0 bridgehead atoms. The third kappa shape index (κ3) is 3.76. The predicted molar refractivity (Wildman–Crippen MR) is 114 cm³/mol. The van der Waals surface area contributed by atoms with E-state index >= 15 is 0 Å². The number of nitrogens with zero attached hydrogens (tertiary/aromatic N) is 6. The van der Waals surface area contributed by atoms with Gasteiger partial charge in [-0.1, -0.05) is 0 Å². The number of hydrogen-bond donors (Lipinski definition) is 0. The fourth-order valence-corrected chi connectivity index (χ4v) is 5.00. The van der Waals surface area contributed by atoms with Crippen molar-refractivity contribution in [2.75, 3.05) is 17.2 Å². The third-order valence-corrected chi connectivity index (χ3v) is 6.57. The Morgan fingerprint density at radius 1 is 1.21 bits per heavy atom. The summed E-state index contributed by atoms with van der Waals surface area (Å²) in [5.41, 5.74) is 4.00. The van der Waals surface area contributed by atoms with Gasteiger partial charge in [-0.25, -0.2) is 4.68 Å². The number of thioether (sulfide) groups is 1. The molecule has 2 aliphatic rings. The molecule has 5 heterocycles. The van der Waals surface area contributed by atoms with Gasteiger partial charge in [0.1, 0.15) is 0 Å². The molecule has 0 aromatic carbocycles. The summed E-state index contributed by atoms with van der Waals surface area (Å²) in [6.45, 7) is 1.47. The molecule has 29 heavy (non-hydrogen) atoms. The van der Waals surface area contributed by atoms with Crippen LogP contribution in [0.25, 0.3) is 11.3 Å². The van der Waals surface area contributed by atoms with E-state index in [1.165, 1.54) is 5.56 Å². The summed E-state index contributed by atoms with van der Waals surface area (Å²) in [4.78, 5) is 18.9. The molecule has 5 rings (SSSR count). The van der Waals surface area contributed by atoms with Gasteiger partial charge in [0.05, 0.1) is 24.0 Å². The molecule has 0 aliphatic carbocycles. The van der Waals surface area contributed by atoms with Crippen LogP contribution in [0.3, 0.4) is 0 Å². The molecule has 7 nitrogen and oxygen atoms in total. The molecular weight excluding hydrogens is 384 g/mol. The number of fused-ring (bicyclic) bond motifs is 1. The first-order valence-corrected chi connectivity index (χ1v) is 11.1. The number of anilines is 1. The van der Waals surface area contributed by atoms with Gasteiger partial charge in [-0.2, -0.15) is 22.0 Å². The molecule has 0 spiro atoms. The van der Waals surface area contributed by atoms with Gasteiger partial charge in [-0.05, 0) is 48.4 Å². The molecular formula is C21H22N6OS. The van der Waals surface area contributed by atoms with Gasteiger partial charge in [0, 0.05) is 42.7 Å². The molecule has 1 atom stereocenters. The molecule has 3 aromatic heterocycles. The largest absolute Gasteiger partial charge is 0.350 e. The summed E-state index contributed by atoms with van der Waals surface area (Å²) in [7, 11) is 0. The van der Waals surface area contributed by atoms with Gasteiger partial charge in [0.25, 0.3) is 5.56 Å². The molecule has 0 radical (unpaired) electrons. The van der Waals surface area contributed by atoms with Crippen LogP contribution in [0.1, 0.15) is 24.1 Å². The SMILES string of the molecule is O=c1ccc(-c2cccnc2)nn1CC1CCCN1c1cc2c(nn1)CCSC2. The zero-order chi connectivity index (χ0) is 19.6. The maximum atomic E-state index is 12.5. The van der Waals surface area contributed by atoms with Crippen molar-refractivity contribution < 1.29 is 0 Å². The van der Waals surface area contributed by atoms with Crippen LogP contribution in [0, 0.1) is 0 Å². The first-order chi connectivity index (χ1) is 14.3. The van der Waals surface area contributed by atoms with Gasteiger partial charge in [0.15, 0.2) is 5.82 Å². The van der Waals surface area contributed by atoms with E-state index in [1.807, 2.05) is 23.9 Å². The summed E-state index contributed by atoms with van der Waals surface area (Å²) in [5, 5.41) is 13.6. The van der Waals surface area contributed by atoms with Crippen LogP contribution in [0.5, 0.6) is 0 Å². The molecule has 3 aromatic rings. The Labute approximate surface area is 173 Å². The summed E-state index contributed by atoms with van der Waals surface area (Å²) in [6.07, 6.45) is 6.58. The minimum atomic E-state index is -0.0857. The Balaban J connectivity index is 1.41. The van der Waals surface area contributed by atoms with Crippen molar-refractivity contribution in [2.45, 2.75) is 37.6 Å². The van der Waals surface area contributed by atoms with Crippen molar-refractivity contribution in [3.8, 4) is 11.3 Å². The molecule has 2 aliphatic heterocycles. The molecule has 1 saturated heterocycles. The van der Waals surface area contributed by atoms with Crippen LogP contribution in [0.15, 0.2) is 47.5 Å². The average molecular weight is 407 g/mol. The van der Waals surface area contributed by atoms with Gasteiger partial charge in [-0.15, -0.1) is 5.10 Å². The lowest BCUT2D eigenvalue weighted by molar-refractivity contribution is 0.488. The normalized spacial score (nSPS) is 18.6. The van der Waals surface area contributed by atoms with Crippen molar-refractivity contribution >= 4 is 17.6 Å². The quantitative estimate of drug-likeness (QED) is 0.659. The zero-order valence-corrected chi connectivity index (χ0v) is 16.9. The Morgan fingerprint density at radius 3 is 3.07 bits per heavy atom. The monoisotopic (exact) mass is 406 g/mol. The Hall–Kier alpha value is -2.74. The molecule has 148 valence electrons. The molecule has 0 saturated carbocycles. The number of rotatable bonds is 4. The minimum absolute atomic E-state index is 0.0857. The lowest BCUT2D eigenvalue weighted by Gasteiger charge is -2.26. The smallest absolute Gasteiger partial charge is 0.266 e. The first kappa shape index (κ1) is 18.3. The van der Waals surface area contributed by atoms with E-state index < -0.39 is 0 Å². The van der Waals surface area contributed by atoms with Crippen molar-refractivity contribution in [3.63, 3.8) is 0 Å². The highest BCUT2D eigenvalue weighted by molar-refractivity contribution is 7.98. The van der Waals surface area contributed by atoms with Crippen LogP contribution in [0.2, 0.25) is 0 Å². The van der Waals surface area contributed by atoms with E-state index in [-0.39, 0.29) is 11.6 Å². The van der Waals surface area contributed by atoms with Gasteiger partial charge in [-0.3, -0.25) is 9.78 Å². The number of aryl methyl sites for hydroxylation is 1. The van der Waals surface area contributed by atoms with E-state index in [2.05, 4.69) is 31.2 Å². The maximum absolute atomic E-state index is 12.5. The summed E-state index contributed by atoms with van der Waals surface area (Å²) < 4.78 is 1.58. The van der Waals surface area contributed by atoms with Gasteiger partial charge in [0.2, 0.25) is 0 Å². The lowest BCUT2D eigenvalue weighted by Crippen LogP contribution is -2.37. The Kier molecular flexibility index (Phi) is 5.01. The lowest BCUT2D eigenvalue weighted by atomic mass is 10.1. The van der Waals surface area contributed by atoms with Crippen molar-refractivity contribution in [3.05, 3.63) is 64.3 Å². The van der Waals surface area contributed by atoms with Crippen LogP contribution < -0.4 is 10.5 Å². The van der Waals surface area contributed by atoms with Gasteiger partial charge >= 0.3 is 0 Å². The molecule has 0 N–H and O–H groups in total. The Morgan fingerprint density at radius 2 is 2.17 bits per heavy atom. The van der Waals surface area contributed by atoms with Crippen LogP contribution in [-0.2, 0) is 18.7 Å². The highest BCUT2D eigenvalue weighted by atomic mass is 32.2. The standard InChI is InChI=1S/C21H22N6OS/c28-21-6-5-19(15-3-1-8-22-12-15)25-27(21)13-17-4-2-9-26(17)20-11-16-14-29-10-7-18(16)23-24-20/h1,3,5-6,8,11-12,17H,2,4,7,9-10,13-14H2. The fraction of sp³-hybridized carbons (Fsp3) is 0.381. The molecule has 1 fully saturated rings. The van der Waals surface area contributed by atoms with E-state index in [1.54, 1.807) is 29.2 Å². The van der Waals surface area contributed by atoms with E-state index in [4.69, 9.17) is 0 Å². The second kappa shape index (κ2) is 7.94. The van der Waals surface area contributed by atoms with Crippen molar-refractivity contribution in [1.82, 2.24) is 25.0 Å². The summed E-state index contributed by atoms with van der Waals surface area (Å²) in [5.74, 6) is 3.05. The van der Waals surface area contributed by atoms with Crippen LogP contribution in [0.4, 0.5) is 5.82 Å². The van der Waals surface area contributed by atoms with Gasteiger partial charge < -0.3 is 4.90 Å². The summed E-state index contributed by atoms with van der Waals surface area (Å²) in [6, 6.07) is 9.55. The topological polar surface area (TPSA) is 76.8 Å². The van der Waals surface area contributed by atoms with E-state index in [0.717, 1.165) is 60.1 Å². The van der Waals surface area contributed by atoms with Crippen LogP contribution in [-0.4, -0.2) is 43.3 Å². The fourth-order valence-electron chi connectivity index (χ4n) is 4.05. The highest BCUT2D eigenvalue weighted by Gasteiger charge is 2.28. The zero-order valence-electron chi connectivity index (χ0n) is 16.1. The summed E-state index contributed by atoms with van der Waals surface area (Å²) >= 11 is 1.95. The predicted octanol–water partition coefficient (Wildman–Crippen LogP) is 2.55. The Bertz CT molecular complexity index is 1070.